The highest BCUT2D eigenvalue weighted by Crippen LogP contribution is 2.11. The van der Waals surface area contributed by atoms with Gasteiger partial charge in [-0.1, -0.05) is 12.1 Å². The fourth-order valence-electron chi connectivity index (χ4n) is 1.11. The Bertz CT molecular complexity index is 392. The average Bonchev–Trinajstić information content (AvgIpc) is 2.34. The van der Waals surface area contributed by atoms with Crippen molar-refractivity contribution in [3.05, 3.63) is 29.8 Å². The lowest BCUT2D eigenvalue weighted by Gasteiger charge is -2.06. The fourth-order valence-corrected chi connectivity index (χ4v) is 1.20. The average molecular weight is 257 g/mol. The van der Waals surface area contributed by atoms with Crippen LogP contribution in [0.2, 0.25) is 0 Å². The minimum Gasteiger partial charge on any atom is -0.484 e. The van der Waals surface area contributed by atoms with Gasteiger partial charge < -0.3 is 15.8 Å². The lowest BCUT2D eigenvalue weighted by molar-refractivity contribution is -0.120. The van der Waals surface area contributed by atoms with Gasteiger partial charge in [-0.3, -0.25) is 9.59 Å². The van der Waals surface area contributed by atoms with E-state index in [-0.39, 0.29) is 18.4 Å². The van der Waals surface area contributed by atoms with Gasteiger partial charge in [0.15, 0.2) is 6.61 Å². The van der Waals surface area contributed by atoms with Crippen molar-refractivity contribution < 1.29 is 14.3 Å². The number of alkyl halides is 1. The van der Waals surface area contributed by atoms with E-state index in [0.29, 0.717) is 12.3 Å². The number of rotatable bonds is 6. The first-order valence-electron chi connectivity index (χ1n) is 4.94. The molecule has 1 rings (SSSR count). The van der Waals surface area contributed by atoms with Crippen molar-refractivity contribution in [3.63, 3.8) is 0 Å². The molecule has 1 aromatic rings. The molecule has 0 aliphatic carbocycles. The summed E-state index contributed by atoms with van der Waals surface area (Å²) in [5.74, 6) is -0.250. The summed E-state index contributed by atoms with van der Waals surface area (Å²) in [4.78, 5) is 21.4. The van der Waals surface area contributed by atoms with Gasteiger partial charge in [0, 0.05) is 6.54 Å². The number of ether oxygens (including phenoxy) is 1. The van der Waals surface area contributed by atoms with E-state index in [1.54, 1.807) is 24.3 Å². The second-order valence-corrected chi connectivity index (χ2v) is 3.58. The Morgan fingerprint density at radius 2 is 1.94 bits per heavy atom. The maximum Gasteiger partial charge on any atom is 0.255 e. The van der Waals surface area contributed by atoms with Crippen LogP contribution in [-0.2, 0) is 16.1 Å². The van der Waals surface area contributed by atoms with Crippen LogP contribution < -0.4 is 15.8 Å². The lowest BCUT2D eigenvalue weighted by atomic mass is 10.2. The number of halogens is 1. The quantitative estimate of drug-likeness (QED) is 0.723. The molecule has 0 bridgehead atoms. The molecule has 0 unspecified atom stereocenters. The second-order valence-electron chi connectivity index (χ2n) is 3.31. The first-order valence-corrected chi connectivity index (χ1v) is 5.48. The lowest BCUT2D eigenvalue weighted by Crippen LogP contribution is -2.23. The van der Waals surface area contributed by atoms with E-state index in [2.05, 4.69) is 5.32 Å². The zero-order valence-corrected chi connectivity index (χ0v) is 9.87. The highest BCUT2D eigenvalue weighted by molar-refractivity contribution is 6.27. The number of benzene rings is 1. The molecule has 6 heteroatoms. The maximum absolute atomic E-state index is 10.9. The van der Waals surface area contributed by atoms with Gasteiger partial charge in [0.05, 0.1) is 0 Å². The van der Waals surface area contributed by atoms with Crippen LogP contribution in [0.3, 0.4) is 0 Å². The summed E-state index contributed by atoms with van der Waals surface area (Å²) < 4.78 is 5.09. The normalized spacial score (nSPS) is 9.71. The molecule has 0 spiro atoms. The van der Waals surface area contributed by atoms with Gasteiger partial charge in [-0.25, -0.2) is 0 Å². The SMILES string of the molecule is NC(=O)COc1ccc(CNC(=O)CCl)cc1. The van der Waals surface area contributed by atoms with Crippen molar-refractivity contribution in [2.45, 2.75) is 6.54 Å². The Morgan fingerprint density at radius 3 is 2.47 bits per heavy atom. The van der Waals surface area contributed by atoms with Crippen LogP contribution in [0, 0.1) is 0 Å². The third-order valence-corrected chi connectivity index (χ3v) is 2.16. The Kier molecular flexibility index (Phi) is 5.29. The zero-order valence-electron chi connectivity index (χ0n) is 9.11. The molecule has 0 saturated carbocycles. The Balaban J connectivity index is 2.44. The number of carbonyl (C=O) groups excluding carboxylic acids is 2. The van der Waals surface area contributed by atoms with E-state index in [1.807, 2.05) is 0 Å². The standard InChI is InChI=1S/C11H13ClN2O3/c12-5-11(16)14-6-8-1-3-9(4-2-8)17-7-10(13)15/h1-4H,5-7H2,(H2,13,15)(H,14,16). The molecule has 1 aromatic carbocycles. The molecular weight excluding hydrogens is 244 g/mol. The highest BCUT2D eigenvalue weighted by atomic mass is 35.5. The largest absolute Gasteiger partial charge is 0.484 e. The molecule has 0 fully saturated rings. The van der Waals surface area contributed by atoms with Crippen molar-refractivity contribution >= 4 is 23.4 Å². The molecule has 2 amide bonds. The molecule has 0 saturated heterocycles. The second kappa shape index (κ2) is 6.75. The molecule has 0 aliphatic heterocycles. The minimum atomic E-state index is -0.525. The number of primary amides is 1. The van der Waals surface area contributed by atoms with Gasteiger partial charge >= 0.3 is 0 Å². The number of nitrogens with two attached hydrogens (primary N) is 1. The molecule has 0 radical (unpaired) electrons. The molecule has 17 heavy (non-hydrogen) atoms. The van der Waals surface area contributed by atoms with Crippen LogP contribution in [-0.4, -0.2) is 24.3 Å². The molecule has 92 valence electrons. The van der Waals surface area contributed by atoms with E-state index < -0.39 is 5.91 Å². The smallest absolute Gasteiger partial charge is 0.255 e. The Hall–Kier alpha value is -1.75. The first-order chi connectivity index (χ1) is 8.11. The summed E-state index contributed by atoms with van der Waals surface area (Å²) in [5, 5.41) is 2.63. The molecule has 3 N–H and O–H groups in total. The van der Waals surface area contributed by atoms with E-state index in [4.69, 9.17) is 22.1 Å². The number of amides is 2. The van der Waals surface area contributed by atoms with Crippen molar-refractivity contribution in [2.75, 3.05) is 12.5 Å². The summed E-state index contributed by atoms with van der Waals surface area (Å²) in [7, 11) is 0. The van der Waals surface area contributed by atoms with Gasteiger partial charge in [0.2, 0.25) is 5.91 Å². The molecule has 0 atom stereocenters. The summed E-state index contributed by atoms with van der Waals surface area (Å²) in [6.45, 7) is 0.254. The van der Waals surface area contributed by atoms with Crippen molar-refractivity contribution in [3.8, 4) is 5.75 Å². The van der Waals surface area contributed by atoms with E-state index in [0.717, 1.165) is 5.56 Å². The molecule has 0 aromatic heterocycles. The summed E-state index contributed by atoms with van der Waals surface area (Å²) in [5.41, 5.74) is 5.85. The predicted octanol–water partition coefficient (Wildman–Crippen LogP) is 0.406. The third-order valence-electron chi connectivity index (χ3n) is 1.92. The van der Waals surface area contributed by atoms with E-state index >= 15 is 0 Å². The van der Waals surface area contributed by atoms with Crippen molar-refractivity contribution in [1.82, 2.24) is 5.32 Å². The van der Waals surface area contributed by atoms with Crippen LogP contribution >= 0.6 is 11.6 Å². The van der Waals surface area contributed by atoms with Crippen LogP contribution in [0.25, 0.3) is 0 Å². The van der Waals surface area contributed by atoms with Crippen LogP contribution in [0.5, 0.6) is 5.75 Å². The molecule has 0 heterocycles. The van der Waals surface area contributed by atoms with Gasteiger partial charge in [-0.05, 0) is 17.7 Å². The highest BCUT2D eigenvalue weighted by Gasteiger charge is 2.00. The van der Waals surface area contributed by atoms with Gasteiger partial charge in [-0.15, -0.1) is 11.6 Å². The summed E-state index contributed by atoms with van der Waals surface area (Å²) in [6.07, 6.45) is 0. The molecule has 5 nitrogen and oxygen atoms in total. The molecular formula is C11H13ClN2O3. The summed E-state index contributed by atoms with van der Waals surface area (Å²) in [6, 6.07) is 6.96. The third kappa shape index (κ3) is 5.21. The molecule has 0 aliphatic rings. The number of nitrogens with one attached hydrogen (secondary N) is 1. The Morgan fingerprint density at radius 1 is 1.29 bits per heavy atom. The zero-order chi connectivity index (χ0) is 12.7. The van der Waals surface area contributed by atoms with Gasteiger partial charge in [-0.2, -0.15) is 0 Å². The van der Waals surface area contributed by atoms with Crippen molar-refractivity contribution in [2.24, 2.45) is 5.73 Å². The number of carbonyl (C=O) groups is 2. The van der Waals surface area contributed by atoms with Gasteiger partial charge in [0.1, 0.15) is 11.6 Å². The topological polar surface area (TPSA) is 81.4 Å². The monoisotopic (exact) mass is 256 g/mol. The van der Waals surface area contributed by atoms with Crippen LogP contribution in [0.4, 0.5) is 0 Å². The number of hydrogen-bond donors (Lipinski definition) is 2. The van der Waals surface area contributed by atoms with Crippen molar-refractivity contribution in [1.29, 1.82) is 0 Å². The first kappa shape index (κ1) is 13.3. The maximum atomic E-state index is 10.9. The Labute approximate surface area is 104 Å². The summed E-state index contributed by atoms with van der Waals surface area (Å²) >= 11 is 5.34. The van der Waals surface area contributed by atoms with E-state index in [1.165, 1.54) is 0 Å². The van der Waals surface area contributed by atoms with Crippen LogP contribution in [0.15, 0.2) is 24.3 Å². The predicted molar refractivity (Wildman–Crippen MR) is 63.7 cm³/mol. The van der Waals surface area contributed by atoms with Crippen LogP contribution in [0.1, 0.15) is 5.56 Å². The number of hydrogen-bond acceptors (Lipinski definition) is 3. The van der Waals surface area contributed by atoms with Gasteiger partial charge in [0.25, 0.3) is 5.91 Å². The van der Waals surface area contributed by atoms with E-state index in [9.17, 15) is 9.59 Å². The minimum absolute atomic E-state index is 0.0557. The fraction of sp³-hybridized carbons (Fsp3) is 0.273.